The van der Waals surface area contributed by atoms with Gasteiger partial charge in [0.05, 0.1) is 19.8 Å². The molecule has 1 amide bonds. The van der Waals surface area contributed by atoms with Gasteiger partial charge in [0, 0.05) is 25.4 Å². The van der Waals surface area contributed by atoms with Gasteiger partial charge in [-0.15, -0.1) is 0 Å². The van der Waals surface area contributed by atoms with Gasteiger partial charge in [-0.25, -0.2) is 0 Å². The number of carbonyl (C=O) groups is 1. The zero-order valence-corrected chi connectivity index (χ0v) is 12.4. The Kier molecular flexibility index (Phi) is 4.29. The Balaban J connectivity index is 1.39. The molecule has 0 aromatic carbocycles. The van der Waals surface area contributed by atoms with Crippen LogP contribution in [-0.4, -0.2) is 56.0 Å². The normalized spacial score (nSPS) is 26.3. The number of hydrogen-bond donors (Lipinski definition) is 1. The van der Waals surface area contributed by atoms with Crippen LogP contribution in [-0.2, 0) is 14.3 Å². The fourth-order valence-electron chi connectivity index (χ4n) is 3.26. The van der Waals surface area contributed by atoms with Crippen LogP contribution in [0.1, 0.15) is 38.5 Å². The van der Waals surface area contributed by atoms with E-state index in [9.17, 15) is 4.79 Å². The van der Waals surface area contributed by atoms with Crippen molar-refractivity contribution in [2.24, 2.45) is 5.92 Å². The van der Waals surface area contributed by atoms with E-state index in [1.165, 1.54) is 12.8 Å². The average molecular weight is 282 g/mol. The van der Waals surface area contributed by atoms with E-state index in [2.05, 4.69) is 17.3 Å². The van der Waals surface area contributed by atoms with E-state index in [1.54, 1.807) is 0 Å². The molecular weight excluding hydrogens is 256 g/mol. The van der Waals surface area contributed by atoms with Gasteiger partial charge in [0.15, 0.2) is 5.79 Å². The van der Waals surface area contributed by atoms with E-state index in [0.29, 0.717) is 12.6 Å². The maximum Gasteiger partial charge on any atom is 0.234 e. The smallest absolute Gasteiger partial charge is 0.234 e. The minimum Gasteiger partial charge on any atom is -0.355 e. The zero-order valence-electron chi connectivity index (χ0n) is 12.4. The lowest BCUT2D eigenvalue weighted by Crippen LogP contribution is -2.46. The molecule has 0 aromatic heterocycles. The van der Waals surface area contributed by atoms with Crippen LogP contribution in [0.25, 0.3) is 0 Å². The molecule has 0 aromatic rings. The number of carbonyl (C=O) groups excluding carboxylic acids is 1. The summed E-state index contributed by atoms with van der Waals surface area (Å²) in [5.74, 6) is 0.606. The highest BCUT2D eigenvalue weighted by Gasteiger charge is 2.41. The molecule has 3 aliphatic rings. The molecule has 5 heteroatoms. The van der Waals surface area contributed by atoms with Crippen molar-refractivity contribution >= 4 is 5.91 Å². The number of nitrogens with zero attached hydrogens (tertiary/aromatic N) is 1. The van der Waals surface area contributed by atoms with E-state index in [0.717, 1.165) is 51.4 Å². The Labute approximate surface area is 121 Å². The summed E-state index contributed by atoms with van der Waals surface area (Å²) in [5, 5.41) is 3.03. The molecule has 2 aliphatic carbocycles. The molecule has 2 saturated carbocycles. The number of rotatable bonds is 5. The molecule has 114 valence electrons. The number of hydrogen-bond acceptors (Lipinski definition) is 4. The molecule has 1 spiro atoms. The predicted octanol–water partition coefficient (Wildman–Crippen LogP) is 1.13. The third kappa shape index (κ3) is 3.51. The number of amides is 1. The number of nitrogens with one attached hydrogen (secondary N) is 1. The van der Waals surface area contributed by atoms with Crippen molar-refractivity contribution in [3.63, 3.8) is 0 Å². The lowest BCUT2D eigenvalue weighted by molar-refractivity contribution is -0.183. The second-order valence-electron chi connectivity index (χ2n) is 6.50. The highest BCUT2D eigenvalue weighted by molar-refractivity contribution is 5.78. The molecule has 0 radical (unpaired) electrons. The summed E-state index contributed by atoms with van der Waals surface area (Å²) in [4.78, 5) is 14.1. The monoisotopic (exact) mass is 282 g/mol. The van der Waals surface area contributed by atoms with Crippen LogP contribution < -0.4 is 5.32 Å². The SMILES string of the molecule is CN(CC(=O)NCC1CC1)C1CCC2(CC1)OCCO2. The molecule has 1 N–H and O–H groups in total. The number of likely N-dealkylation sites (N-methyl/N-ethyl adjacent to an activating group) is 1. The van der Waals surface area contributed by atoms with Crippen molar-refractivity contribution in [1.29, 1.82) is 0 Å². The summed E-state index contributed by atoms with van der Waals surface area (Å²) in [5.41, 5.74) is 0. The summed E-state index contributed by atoms with van der Waals surface area (Å²) in [6.07, 6.45) is 6.55. The Hall–Kier alpha value is -0.650. The molecular formula is C15H26N2O3. The molecule has 3 fully saturated rings. The Morgan fingerprint density at radius 2 is 1.85 bits per heavy atom. The molecule has 3 rings (SSSR count). The maximum atomic E-state index is 11.9. The Morgan fingerprint density at radius 3 is 2.45 bits per heavy atom. The van der Waals surface area contributed by atoms with Crippen LogP contribution in [0.15, 0.2) is 0 Å². The van der Waals surface area contributed by atoms with Crippen LogP contribution in [0.4, 0.5) is 0 Å². The zero-order chi connectivity index (χ0) is 14.0. The first-order valence-electron chi connectivity index (χ1n) is 7.92. The molecule has 1 heterocycles. The van der Waals surface area contributed by atoms with Gasteiger partial charge in [-0.05, 0) is 38.6 Å². The summed E-state index contributed by atoms with van der Waals surface area (Å²) in [6, 6.07) is 0.472. The third-order valence-corrected chi connectivity index (χ3v) is 4.83. The standard InChI is InChI=1S/C15H26N2O3/c1-17(11-14(18)16-10-12-2-3-12)13-4-6-15(7-5-13)19-8-9-20-15/h12-13H,2-11H2,1H3,(H,16,18). The van der Waals surface area contributed by atoms with Crippen LogP contribution in [0.2, 0.25) is 0 Å². The van der Waals surface area contributed by atoms with Gasteiger partial charge >= 0.3 is 0 Å². The van der Waals surface area contributed by atoms with Gasteiger partial charge in [-0.1, -0.05) is 0 Å². The molecule has 0 bridgehead atoms. The number of ether oxygens (including phenoxy) is 2. The Morgan fingerprint density at radius 1 is 1.20 bits per heavy atom. The fraction of sp³-hybridized carbons (Fsp3) is 0.933. The van der Waals surface area contributed by atoms with Gasteiger partial charge in [0.25, 0.3) is 0 Å². The molecule has 1 saturated heterocycles. The minimum atomic E-state index is -0.300. The first kappa shape index (κ1) is 14.3. The van der Waals surface area contributed by atoms with E-state index >= 15 is 0 Å². The van der Waals surface area contributed by atoms with Crippen LogP contribution in [0.5, 0.6) is 0 Å². The third-order valence-electron chi connectivity index (χ3n) is 4.83. The summed E-state index contributed by atoms with van der Waals surface area (Å²) < 4.78 is 11.5. The van der Waals surface area contributed by atoms with Crippen molar-refractivity contribution in [2.45, 2.75) is 50.4 Å². The topological polar surface area (TPSA) is 50.8 Å². The van der Waals surface area contributed by atoms with Crippen molar-refractivity contribution in [3.05, 3.63) is 0 Å². The highest BCUT2D eigenvalue weighted by atomic mass is 16.7. The van der Waals surface area contributed by atoms with Gasteiger partial charge in [0.2, 0.25) is 5.91 Å². The summed E-state index contributed by atoms with van der Waals surface area (Å²) in [7, 11) is 2.05. The lowest BCUT2D eigenvalue weighted by Gasteiger charge is -2.38. The first-order valence-corrected chi connectivity index (χ1v) is 7.92. The highest BCUT2D eigenvalue weighted by Crippen LogP contribution is 2.37. The maximum absolute atomic E-state index is 11.9. The fourth-order valence-corrected chi connectivity index (χ4v) is 3.26. The average Bonchev–Trinajstić information content (AvgIpc) is 3.18. The molecule has 5 nitrogen and oxygen atoms in total. The van der Waals surface area contributed by atoms with Crippen LogP contribution in [0.3, 0.4) is 0 Å². The second-order valence-corrected chi connectivity index (χ2v) is 6.50. The predicted molar refractivity (Wildman–Crippen MR) is 75.3 cm³/mol. The van der Waals surface area contributed by atoms with E-state index < -0.39 is 0 Å². The van der Waals surface area contributed by atoms with Gasteiger partial charge in [-0.2, -0.15) is 0 Å². The van der Waals surface area contributed by atoms with Crippen molar-refractivity contribution in [2.75, 3.05) is 33.4 Å². The lowest BCUT2D eigenvalue weighted by atomic mass is 9.89. The Bertz CT molecular complexity index is 341. The van der Waals surface area contributed by atoms with Crippen LogP contribution >= 0.6 is 0 Å². The summed E-state index contributed by atoms with van der Waals surface area (Å²) in [6.45, 7) is 2.82. The second kappa shape index (κ2) is 6.00. The largest absolute Gasteiger partial charge is 0.355 e. The van der Waals surface area contributed by atoms with E-state index in [-0.39, 0.29) is 11.7 Å². The minimum absolute atomic E-state index is 0.160. The molecule has 20 heavy (non-hydrogen) atoms. The van der Waals surface area contributed by atoms with Gasteiger partial charge < -0.3 is 14.8 Å². The molecule has 1 aliphatic heterocycles. The van der Waals surface area contributed by atoms with Crippen molar-refractivity contribution in [3.8, 4) is 0 Å². The summed E-state index contributed by atoms with van der Waals surface area (Å²) >= 11 is 0. The quantitative estimate of drug-likeness (QED) is 0.821. The van der Waals surface area contributed by atoms with Crippen LogP contribution in [0, 0.1) is 5.92 Å². The van der Waals surface area contributed by atoms with E-state index in [1.807, 2.05) is 0 Å². The van der Waals surface area contributed by atoms with Gasteiger partial charge in [-0.3, -0.25) is 9.69 Å². The van der Waals surface area contributed by atoms with E-state index in [4.69, 9.17) is 9.47 Å². The first-order chi connectivity index (χ1) is 9.67. The molecule has 0 unspecified atom stereocenters. The van der Waals surface area contributed by atoms with Crippen molar-refractivity contribution in [1.82, 2.24) is 10.2 Å². The molecule has 0 atom stereocenters. The van der Waals surface area contributed by atoms with Gasteiger partial charge in [0.1, 0.15) is 0 Å². The van der Waals surface area contributed by atoms with Crippen molar-refractivity contribution < 1.29 is 14.3 Å².